The Morgan fingerprint density at radius 1 is 1.04 bits per heavy atom. The summed E-state index contributed by atoms with van der Waals surface area (Å²) in [6.45, 7) is 0. The first-order chi connectivity index (χ1) is 13.2. The molecule has 0 unspecified atom stereocenters. The number of hydrogen-bond acceptors (Lipinski definition) is 4. The molecule has 0 fully saturated rings. The van der Waals surface area contributed by atoms with E-state index in [4.69, 9.17) is 25.8 Å². The van der Waals surface area contributed by atoms with Crippen LogP contribution in [0.25, 0.3) is 6.08 Å². The summed E-state index contributed by atoms with van der Waals surface area (Å²) in [5, 5.41) is 2.11. The molecule has 0 spiro atoms. The molecule has 0 saturated carbocycles. The van der Waals surface area contributed by atoms with E-state index in [1.54, 1.807) is 12.1 Å². The SMILES string of the molecule is COc1ccc(/C=C/C(=O)Nc2ccc(Cl)cc2C(F)(F)F)c(OC)c1OC. The maximum Gasteiger partial charge on any atom is 0.418 e. The van der Waals surface area contributed by atoms with Gasteiger partial charge in [0, 0.05) is 16.7 Å². The molecule has 0 aromatic heterocycles. The Morgan fingerprint density at radius 2 is 1.71 bits per heavy atom. The summed E-state index contributed by atoms with van der Waals surface area (Å²) in [5.41, 5.74) is -0.960. The Morgan fingerprint density at radius 3 is 2.29 bits per heavy atom. The lowest BCUT2D eigenvalue weighted by atomic mass is 10.1. The maximum atomic E-state index is 13.1. The van der Waals surface area contributed by atoms with Crippen molar-refractivity contribution in [3.8, 4) is 17.2 Å². The molecule has 2 rings (SSSR count). The second-order valence-electron chi connectivity index (χ2n) is 5.43. The number of alkyl halides is 3. The van der Waals surface area contributed by atoms with E-state index in [0.29, 0.717) is 22.8 Å². The van der Waals surface area contributed by atoms with Crippen LogP contribution in [-0.2, 0) is 11.0 Å². The molecule has 0 bridgehead atoms. The molecule has 0 aliphatic rings. The van der Waals surface area contributed by atoms with E-state index < -0.39 is 23.3 Å². The van der Waals surface area contributed by atoms with Crippen molar-refractivity contribution in [2.45, 2.75) is 6.18 Å². The third-order valence-electron chi connectivity index (χ3n) is 3.69. The van der Waals surface area contributed by atoms with Gasteiger partial charge in [0.2, 0.25) is 11.7 Å². The van der Waals surface area contributed by atoms with E-state index in [-0.39, 0.29) is 5.02 Å². The van der Waals surface area contributed by atoms with Gasteiger partial charge in [-0.05, 0) is 36.4 Å². The molecule has 0 radical (unpaired) electrons. The van der Waals surface area contributed by atoms with Gasteiger partial charge >= 0.3 is 6.18 Å². The first kappa shape index (κ1) is 21.4. The predicted molar refractivity (Wildman–Crippen MR) is 100 cm³/mol. The van der Waals surface area contributed by atoms with Gasteiger partial charge in [0.05, 0.1) is 32.6 Å². The molecule has 2 aromatic carbocycles. The van der Waals surface area contributed by atoms with Crippen molar-refractivity contribution in [2.75, 3.05) is 26.6 Å². The minimum atomic E-state index is -4.66. The minimum Gasteiger partial charge on any atom is -0.493 e. The number of carbonyl (C=O) groups excluding carboxylic acids is 1. The molecule has 5 nitrogen and oxygen atoms in total. The van der Waals surface area contributed by atoms with E-state index >= 15 is 0 Å². The molecule has 0 atom stereocenters. The second kappa shape index (κ2) is 8.88. The van der Waals surface area contributed by atoms with E-state index in [0.717, 1.165) is 18.2 Å². The number of ether oxygens (including phenoxy) is 3. The number of nitrogens with one attached hydrogen (secondary N) is 1. The van der Waals surface area contributed by atoms with E-state index in [2.05, 4.69) is 5.32 Å². The molecule has 150 valence electrons. The maximum absolute atomic E-state index is 13.1. The lowest BCUT2D eigenvalue weighted by Crippen LogP contribution is -2.14. The zero-order valence-corrected chi connectivity index (χ0v) is 15.9. The lowest BCUT2D eigenvalue weighted by Gasteiger charge is -2.14. The zero-order chi connectivity index (χ0) is 20.9. The molecule has 2 aromatic rings. The van der Waals surface area contributed by atoms with Gasteiger partial charge in [-0.25, -0.2) is 0 Å². The average Bonchev–Trinajstić information content (AvgIpc) is 2.65. The zero-order valence-electron chi connectivity index (χ0n) is 15.2. The van der Waals surface area contributed by atoms with Gasteiger partial charge < -0.3 is 19.5 Å². The Labute approximate surface area is 164 Å². The smallest absolute Gasteiger partial charge is 0.418 e. The fourth-order valence-corrected chi connectivity index (χ4v) is 2.63. The Hall–Kier alpha value is -2.87. The molecule has 1 amide bonds. The van der Waals surface area contributed by atoms with Crippen molar-refractivity contribution in [1.82, 2.24) is 0 Å². The highest BCUT2D eigenvalue weighted by Crippen LogP contribution is 2.40. The largest absolute Gasteiger partial charge is 0.493 e. The van der Waals surface area contributed by atoms with Crippen LogP contribution in [0.3, 0.4) is 0 Å². The Kier molecular flexibility index (Phi) is 6.80. The molecular formula is C19H17ClF3NO4. The molecule has 28 heavy (non-hydrogen) atoms. The number of rotatable bonds is 6. The lowest BCUT2D eigenvalue weighted by molar-refractivity contribution is -0.136. The van der Waals surface area contributed by atoms with Gasteiger partial charge in [-0.15, -0.1) is 0 Å². The fraction of sp³-hybridized carbons (Fsp3) is 0.211. The third kappa shape index (κ3) is 4.89. The normalized spacial score (nSPS) is 11.4. The highest BCUT2D eigenvalue weighted by Gasteiger charge is 2.34. The van der Waals surface area contributed by atoms with Crippen LogP contribution in [0.2, 0.25) is 5.02 Å². The van der Waals surface area contributed by atoms with Gasteiger partial charge in [-0.2, -0.15) is 13.2 Å². The number of halogens is 4. The van der Waals surface area contributed by atoms with Crippen molar-refractivity contribution >= 4 is 29.3 Å². The molecule has 9 heteroatoms. The minimum absolute atomic E-state index is 0.0871. The summed E-state index contributed by atoms with van der Waals surface area (Å²) in [7, 11) is 4.31. The van der Waals surface area contributed by atoms with Crippen LogP contribution < -0.4 is 19.5 Å². The molecule has 0 aliphatic carbocycles. The van der Waals surface area contributed by atoms with Crippen molar-refractivity contribution in [1.29, 1.82) is 0 Å². The van der Waals surface area contributed by atoms with Gasteiger partial charge in [-0.3, -0.25) is 4.79 Å². The van der Waals surface area contributed by atoms with Crippen LogP contribution in [0.4, 0.5) is 18.9 Å². The van der Waals surface area contributed by atoms with Crippen LogP contribution in [-0.4, -0.2) is 27.2 Å². The van der Waals surface area contributed by atoms with Gasteiger partial charge in [0.1, 0.15) is 0 Å². The molecule has 0 aliphatic heterocycles. The highest BCUT2D eigenvalue weighted by molar-refractivity contribution is 6.30. The quantitative estimate of drug-likeness (QED) is 0.672. The predicted octanol–water partition coefficient (Wildman–Crippen LogP) is 5.04. The van der Waals surface area contributed by atoms with Gasteiger partial charge in [-0.1, -0.05) is 11.6 Å². The number of anilines is 1. The van der Waals surface area contributed by atoms with Crippen molar-refractivity contribution in [3.05, 3.63) is 52.6 Å². The van der Waals surface area contributed by atoms with E-state index in [1.807, 2.05) is 0 Å². The van der Waals surface area contributed by atoms with Crippen LogP contribution in [0.15, 0.2) is 36.4 Å². The second-order valence-corrected chi connectivity index (χ2v) is 5.87. The summed E-state index contributed by atoms with van der Waals surface area (Å²) in [5.74, 6) is 0.305. The summed E-state index contributed by atoms with van der Waals surface area (Å²) in [6, 6.07) is 6.33. The number of carbonyl (C=O) groups is 1. The monoisotopic (exact) mass is 415 g/mol. The van der Waals surface area contributed by atoms with Crippen LogP contribution in [0.1, 0.15) is 11.1 Å². The van der Waals surface area contributed by atoms with Crippen molar-refractivity contribution < 1.29 is 32.2 Å². The van der Waals surface area contributed by atoms with Crippen molar-refractivity contribution in [3.63, 3.8) is 0 Å². The number of methoxy groups -OCH3 is 3. The van der Waals surface area contributed by atoms with E-state index in [9.17, 15) is 18.0 Å². The number of hydrogen-bond donors (Lipinski definition) is 1. The van der Waals surface area contributed by atoms with Crippen LogP contribution in [0, 0.1) is 0 Å². The van der Waals surface area contributed by atoms with Gasteiger partial charge in [0.15, 0.2) is 11.5 Å². The topological polar surface area (TPSA) is 56.8 Å². The van der Waals surface area contributed by atoms with Crippen LogP contribution in [0.5, 0.6) is 17.2 Å². The molecular weight excluding hydrogens is 399 g/mol. The molecule has 0 heterocycles. The highest BCUT2D eigenvalue weighted by atomic mass is 35.5. The Bertz CT molecular complexity index is 897. The molecule has 1 N–H and O–H groups in total. The number of benzene rings is 2. The van der Waals surface area contributed by atoms with Crippen molar-refractivity contribution in [2.24, 2.45) is 0 Å². The van der Waals surface area contributed by atoms with Gasteiger partial charge in [0.25, 0.3) is 0 Å². The first-order valence-corrected chi connectivity index (χ1v) is 8.23. The Balaban J connectivity index is 2.29. The first-order valence-electron chi connectivity index (χ1n) is 7.86. The standard InChI is InChI=1S/C19H17ClF3NO4/c1-26-15-8-4-11(17(27-2)18(15)28-3)5-9-16(25)24-14-7-6-12(20)10-13(14)19(21,22)23/h4-10H,1-3H3,(H,24,25)/b9-5+. The van der Waals surface area contributed by atoms with E-state index in [1.165, 1.54) is 33.5 Å². The van der Waals surface area contributed by atoms with Crippen LogP contribution >= 0.6 is 11.6 Å². The number of amides is 1. The fourth-order valence-electron chi connectivity index (χ4n) is 2.46. The summed E-state index contributed by atoms with van der Waals surface area (Å²) < 4.78 is 55.0. The third-order valence-corrected chi connectivity index (χ3v) is 3.93. The molecule has 0 saturated heterocycles. The summed E-state index contributed by atoms with van der Waals surface area (Å²) >= 11 is 5.62. The summed E-state index contributed by atoms with van der Waals surface area (Å²) in [6.07, 6.45) is -2.19. The average molecular weight is 416 g/mol. The summed E-state index contributed by atoms with van der Waals surface area (Å²) in [4.78, 5) is 12.1.